The SMILES string of the molecule is C[C@H](NC(=O)[C@@H](N)CCN)C(=O)O. The lowest BCUT2D eigenvalue weighted by atomic mass is 10.2. The van der Waals surface area contributed by atoms with E-state index in [2.05, 4.69) is 5.32 Å². The van der Waals surface area contributed by atoms with Crippen LogP contribution in [0.3, 0.4) is 0 Å². The third-order valence-electron chi connectivity index (χ3n) is 1.54. The molecule has 0 saturated heterocycles. The van der Waals surface area contributed by atoms with Crippen LogP contribution in [-0.4, -0.2) is 35.6 Å². The summed E-state index contributed by atoms with van der Waals surface area (Å²) in [6, 6.07) is -1.65. The Balaban J connectivity index is 3.92. The van der Waals surface area contributed by atoms with Gasteiger partial charge in [0.15, 0.2) is 0 Å². The van der Waals surface area contributed by atoms with Crippen molar-refractivity contribution in [3.8, 4) is 0 Å². The van der Waals surface area contributed by atoms with Gasteiger partial charge in [-0.1, -0.05) is 0 Å². The van der Waals surface area contributed by atoms with Crippen LogP contribution in [0.1, 0.15) is 13.3 Å². The van der Waals surface area contributed by atoms with Crippen LogP contribution in [0.5, 0.6) is 0 Å². The molecule has 0 aliphatic heterocycles. The van der Waals surface area contributed by atoms with Crippen LogP contribution in [0.15, 0.2) is 0 Å². The fourth-order valence-corrected chi connectivity index (χ4v) is 0.693. The molecule has 0 aliphatic rings. The normalized spacial score (nSPS) is 14.7. The Morgan fingerprint density at radius 3 is 2.46 bits per heavy atom. The molecular weight excluding hydrogens is 174 g/mol. The summed E-state index contributed by atoms with van der Waals surface area (Å²) in [5.41, 5.74) is 10.6. The standard InChI is InChI=1S/C7H15N3O3/c1-4(7(12)13)10-6(11)5(9)2-3-8/h4-5H,2-3,8-9H2,1H3,(H,10,11)(H,12,13)/t4-,5-/m0/s1. The van der Waals surface area contributed by atoms with E-state index in [1.165, 1.54) is 6.92 Å². The Morgan fingerprint density at radius 2 is 2.08 bits per heavy atom. The zero-order chi connectivity index (χ0) is 10.4. The first-order valence-electron chi connectivity index (χ1n) is 3.98. The number of aliphatic carboxylic acids is 1. The van der Waals surface area contributed by atoms with Crippen LogP contribution in [0.4, 0.5) is 0 Å². The number of rotatable bonds is 5. The Hall–Kier alpha value is -1.14. The van der Waals surface area contributed by atoms with Crippen molar-refractivity contribution in [3.63, 3.8) is 0 Å². The molecule has 0 aromatic rings. The summed E-state index contributed by atoms with van der Waals surface area (Å²) in [5.74, 6) is -1.58. The van der Waals surface area contributed by atoms with E-state index >= 15 is 0 Å². The highest BCUT2D eigenvalue weighted by atomic mass is 16.4. The summed E-state index contributed by atoms with van der Waals surface area (Å²) < 4.78 is 0. The summed E-state index contributed by atoms with van der Waals surface area (Å²) in [4.78, 5) is 21.4. The zero-order valence-electron chi connectivity index (χ0n) is 7.49. The lowest BCUT2D eigenvalue weighted by molar-refractivity contribution is -0.141. The van der Waals surface area contributed by atoms with Crippen molar-refractivity contribution in [2.45, 2.75) is 25.4 Å². The summed E-state index contributed by atoms with van der Waals surface area (Å²) in [6.45, 7) is 1.67. The molecule has 2 atom stereocenters. The summed E-state index contributed by atoms with van der Waals surface area (Å²) in [7, 11) is 0. The van der Waals surface area contributed by atoms with Crippen molar-refractivity contribution in [3.05, 3.63) is 0 Å². The predicted octanol–water partition coefficient (Wildman–Crippen LogP) is -1.75. The smallest absolute Gasteiger partial charge is 0.325 e. The molecular formula is C7H15N3O3. The quantitative estimate of drug-likeness (QED) is 0.409. The summed E-state index contributed by atoms with van der Waals surface area (Å²) in [5, 5.41) is 10.7. The Bertz CT molecular complexity index is 195. The maximum atomic E-state index is 11.1. The van der Waals surface area contributed by atoms with Gasteiger partial charge in [-0.15, -0.1) is 0 Å². The van der Waals surface area contributed by atoms with Crippen LogP contribution in [0.25, 0.3) is 0 Å². The van der Waals surface area contributed by atoms with E-state index in [4.69, 9.17) is 16.6 Å². The average Bonchev–Trinajstić information content (AvgIpc) is 2.04. The van der Waals surface area contributed by atoms with Crippen molar-refractivity contribution in [2.75, 3.05) is 6.54 Å². The van der Waals surface area contributed by atoms with Crippen LogP contribution < -0.4 is 16.8 Å². The second kappa shape index (κ2) is 5.50. The molecule has 1 amide bonds. The van der Waals surface area contributed by atoms with E-state index in [1.54, 1.807) is 0 Å². The first kappa shape index (κ1) is 11.9. The summed E-state index contributed by atoms with van der Waals surface area (Å²) in [6.07, 6.45) is 0.345. The number of carboxylic acids is 1. The second-order valence-electron chi connectivity index (χ2n) is 2.75. The number of carbonyl (C=O) groups is 2. The van der Waals surface area contributed by atoms with Gasteiger partial charge in [0.05, 0.1) is 6.04 Å². The molecule has 0 radical (unpaired) electrons. The van der Waals surface area contributed by atoms with E-state index in [9.17, 15) is 9.59 Å². The van der Waals surface area contributed by atoms with Crippen molar-refractivity contribution in [1.82, 2.24) is 5.32 Å². The molecule has 0 aromatic heterocycles. The first-order chi connectivity index (χ1) is 5.99. The minimum atomic E-state index is -1.09. The molecule has 6 nitrogen and oxygen atoms in total. The highest BCUT2D eigenvalue weighted by Crippen LogP contribution is 1.88. The number of amides is 1. The van der Waals surface area contributed by atoms with E-state index in [1.807, 2.05) is 0 Å². The second-order valence-corrected chi connectivity index (χ2v) is 2.75. The molecule has 13 heavy (non-hydrogen) atoms. The van der Waals surface area contributed by atoms with Gasteiger partial charge in [0.25, 0.3) is 0 Å². The van der Waals surface area contributed by atoms with Gasteiger partial charge in [-0.25, -0.2) is 0 Å². The Labute approximate surface area is 76.3 Å². The van der Waals surface area contributed by atoms with Crippen molar-refractivity contribution in [2.24, 2.45) is 11.5 Å². The van der Waals surface area contributed by atoms with E-state index in [-0.39, 0.29) is 0 Å². The highest BCUT2D eigenvalue weighted by molar-refractivity contribution is 5.86. The van der Waals surface area contributed by atoms with E-state index in [0.717, 1.165) is 0 Å². The van der Waals surface area contributed by atoms with Gasteiger partial charge < -0.3 is 21.9 Å². The predicted molar refractivity (Wildman–Crippen MR) is 46.9 cm³/mol. The van der Waals surface area contributed by atoms with Gasteiger partial charge in [-0.2, -0.15) is 0 Å². The molecule has 0 rings (SSSR count). The number of hydrogen-bond acceptors (Lipinski definition) is 4. The third-order valence-corrected chi connectivity index (χ3v) is 1.54. The van der Waals surface area contributed by atoms with Gasteiger partial charge in [-0.3, -0.25) is 9.59 Å². The lowest BCUT2D eigenvalue weighted by Gasteiger charge is -2.13. The van der Waals surface area contributed by atoms with Crippen molar-refractivity contribution in [1.29, 1.82) is 0 Å². The molecule has 0 unspecified atom stereocenters. The Kier molecular flexibility index (Phi) is 5.01. The van der Waals surface area contributed by atoms with Crippen LogP contribution in [0.2, 0.25) is 0 Å². The van der Waals surface area contributed by atoms with Gasteiger partial charge in [-0.05, 0) is 19.9 Å². The van der Waals surface area contributed by atoms with Gasteiger partial charge in [0, 0.05) is 0 Å². The molecule has 0 spiro atoms. The van der Waals surface area contributed by atoms with Gasteiger partial charge in [0.2, 0.25) is 5.91 Å². The number of hydrogen-bond donors (Lipinski definition) is 4. The number of carboxylic acid groups (broad SMARTS) is 1. The molecule has 0 fully saturated rings. The Morgan fingerprint density at radius 1 is 1.54 bits per heavy atom. The largest absolute Gasteiger partial charge is 0.480 e. The van der Waals surface area contributed by atoms with Gasteiger partial charge >= 0.3 is 5.97 Å². The fraction of sp³-hybridized carbons (Fsp3) is 0.714. The van der Waals surface area contributed by atoms with E-state index < -0.39 is 24.0 Å². The number of carbonyl (C=O) groups excluding carboxylic acids is 1. The minimum Gasteiger partial charge on any atom is -0.480 e. The minimum absolute atomic E-state index is 0.302. The topological polar surface area (TPSA) is 118 Å². The molecule has 0 heterocycles. The molecule has 76 valence electrons. The number of nitrogens with one attached hydrogen (secondary N) is 1. The third kappa shape index (κ3) is 4.44. The highest BCUT2D eigenvalue weighted by Gasteiger charge is 2.18. The molecule has 0 saturated carbocycles. The maximum Gasteiger partial charge on any atom is 0.325 e. The molecule has 6 heteroatoms. The van der Waals surface area contributed by atoms with Crippen LogP contribution in [-0.2, 0) is 9.59 Å². The molecule has 0 aliphatic carbocycles. The maximum absolute atomic E-state index is 11.1. The van der Waals surface area contributed by atoms with Crippen LogP contribution in [0, 0.1) is 0 Å². The lowest BCUT2D eigenvalue weighted by Crippen LogP contribution is -2.47. The van der Waals surface area contributed by atoms with E-state index in [0.29, 0.717) is 13.0 Å². The first-order valence-corrected chi connectivity index (χ1v) is 3.98. The average molecular weight is 189 g/mol. The molecule has 0 aromatic carbocycles. The number of nitrogens with two attached hydrogens (primary N) is 2. The van der Waals surface area contributed by atoms with Gasteiger partial charge in [0.1, 0.15) is 6.04 Å². The molecule has 6 N–H and O–H groups in total. The fourth-order valence-electron chi connectivity index (χ4n) is 0.693. The molecule has 0 bridgehead atoms. The summed E-state index contributed by atoms with van der Waals surface area (Å²) >= 11 is 0. The zero-order valence-corrected chi connectivity index (χ0v) is 7.49. The van der Waals surface area contributed by atoms with Crippen molar-refractivity contribution >= 4 is 11.9 Å². The van der Waals surface area contributed by atoms with Crippen molar-refractivity contribution < 1.29 is 14.7 Å². The monoisotopic (exact) mass is 189 g/mol. The van der Waals surface area contributed by atoms with Crippen LogP contribution >= 0.6 is 0 Å².